The van der Waals surface area contributed by atoms with Crippen LogP contribution in [0.3, 0.4) is 0 Å². The molecule has 0 unspecified atom stereocenters. The van der Waals surface area contributed by atoms with Gasteiger partial charge >= 0.3 is 0 Å². The first-order chi connectivity index (χ1) is 13.8. The fourth-order valence-electron chi connectivity index (χ4n) is 2.88. The maximum atomic E-state index is 13.1. The van der Waals surface area contributed by atoms with Gasteiger partial charge in [-0.1, -0.05) is 23.5 Å². The van der Waals surface area contributed by atoms with E-state index in [2.05, 4.69) is 30.6 Å². The van der Waals surface area contributed by atoms with Crippen molar-refractivity contribution in [1.29, 1.82) is 0 Å². The fraction of sp³-hybridized carbons (Fsp3) is 0. The lowest BCUT2D eigenvalue weighted by Crippen LogP contribution is -1.93. The highest BCUT2D eigenvalue weighted by atomic mass is 32.1. The summed E-state index contributed by atoms with van der Waals surface area (Å²) in [4.78, 5) is 8.85. The molecule has 7 nitrogen and oxygen atoms in total. The normalized spacial score (nSPS) is 11.0. The summed E-state index contributed by atoms with van der Waals surface area (Å²) in [5.74, 6) is -0.270. The topological polar surface area (TPSA) is 80.9 Å². The quantitative estimate of drug-likeness (QED) is 0.496. The SMILES string of the molecule is Fc1ccc(-c2cnc3c(-c4cncc(Nc5nncs5)c4)cnn3c2)cc1. The van der Waals surface area contributed by atoms with Crippen molar-refractivity contribution >= 4 is 27.8 Å². The van der Waals surface area contributed by atoms with Crippen LogP contribution in [0.1, 0.15) is 0 Å². The van der Waals surface area contributed by atoms with E-state index in [0.717, 1.165) is 27.9 Å². The zero-order valence-corrected chi connectivity index (χ0v) is 15.1. The van der Waals surface area contributed by atoms with E-state index in [0.29, 0.717) is 10.8 Å². The van der Waals surface area contributed by atoms with Crippen molar-refractivity contribution in [3.05, 3.63) is 72.6 Å². The first kappa shape index (κ1) is 16.5. The highest BCUT2D eigenvalue weighted by Gasteiger charge is 2.11. The van der Waals surface area contributed by atoms with Crippen molar-refractivity contribution in [2.24, 2.45) is 0 Å². The Balaban J connectivity index is 1.51. The van der Waals surface area contributed by atoms with Crippen LogP contribution in [0.15, 0.2) is 66.8 Å². The number of halogens is 1. The fourth-order valence-corrected chi connectivity index (χ4v) is 3.34. The van der Waals surface area contributed by atoms with Gasteiger partial charge in [0, 0.05) is 35.3 Å². The molecular weight excluding hydrogens is 377 g/mol. The summed E-state index contributed by atoms with van der Waals surface area (Å²) in [6.07, 6.45) is 8.86. The summed E-state index contributed by atoms with van der Waals surface area (Å²) in [5, 5.41) is 16.1. The van der Waals surface area contributed by atoms with Crippen LogP contribution in [-0.4, -0.2) is 29.8 Å². The molecule has 0 aliphatic rings. The molecule has 28 heavy (non-hydrogen) atoms. The van der Waals surface area contributed by atoms with Gasteiger partial charge in [-0.25, -0.2) is 13.9 Å². The minimum absolute atomic E-state index is 0.270. The Bertz CT molecular complexity index is 1250. The molecule has 0 saturated heterocycles. The van der Waals surface area contributed by atoms with Gasteiger partial charge in [0.1, 0.15) is 11.3 Å². The van der Waals surface area contributed by atoms with E-state index in [1.165, 1.54) is 23.5 Å². The maximum Gasteiger partial charge on any atom is 0.209 e. The minimum atomic E-state index is -0.270. The van der Waals surface area contributed by atoms with Crippen LogP contribution in [0, 0.1) is 5.82 Å². The van der Waals surface area contributed by atoms with Gasteiger partial charge in [-0.05, 0) is 23.8 Å². The number of fused-ring (bicyclic) bond motifs is 1. The van der Waals surface area contributed by atoms with Gasteiger partial charge < -0.3 is 5.32 Å². The lowest BCUT2D eigenvalue weighted by atomic mass is 10.1. The number of pyridine rings is 1. The number of hydrogen-bond donors (Lipinski definition) is 1. The van der Waals surface area contributed by atoms with Crippen molar-refractivity contribution in [2.45, 2.75) is 0 Å². The molecule has 4 aromatic heterocycles. The molecule has 0 fully saturated rings. The van der Waals surface area contributed by atoms with E-state index in [9.17, 15) is 4.39 Å². The van der Waals surface area contributed by atoms with Crippen LogP contribution in [0.2, 0.25) is 0 Å². The smallest absolute Gasteiger partial charge is 0.209 e. The summed E-state index contributed by atoms with van der Waals surface area (Å²) < 4.78 is 14.9. The van der Waals surface area contributed by atoms with E-state index in [1.54, 1.807) is 46.9 Å². The highest BCUT2D eigenvalue weighted by molar-refractivity contribution is 7.13. The Morgan fingerprint density at radius 2 is 1.86 bits per heavy atom. The molecule has 9 heteroatoms. The lowest BCUT2D eigenvalue weighted by Gasteiger charge is -2.05. The summed E-state index contributed by atoms with van der Waals surface area (Å²) in [6.45, 7) is 0. The van der Waals surface area contributed by atoms with E-state index in [1.807, 2.05) is 12.3 Å². The third-order valence-corrected chi connectivity index (χ3v) is 4.80. The first-order valence-electron chi connectivity index (χ1n) is 8.34. The number of hydrogen-bond acceptors (Lipinski definition) is 7. The molecule has 1 aromatic carbocycles. The van der Waals surface area contributed by atoms with Crippen LogP contribution >= 0.6 is 11.3 Å². The highest BCUT2D eigenvalue weighted by Crippen LogP contribution is 2.28. The molecule has 1 N–H and O–H groups in total. The molecule has 0 spiro atoms. The largest absolute Gasteiger partial charge is 0.329 e. The van der Waals surface area contributed by atoms with Crippen molar-refractivity contribution in [3.8, 4) is 22.3 Å². The molecule has 5 aromatic rings. The molecule has 136 valence electrons. The van der Waals surface area contributed by atoms with Gasteiger partial charge in [-0.15, -0.1) is 10.2 Å². The van der Waals surface area contributed by atoms with Crippen LogP contribution in [0.25, 0.3) is 27.9 Å². The molecule has 5 rings (SSSR count). The minimum Gasteiger partial charge on any atom is -0.329 e. The second-order valence-electron chi connectivity index (χ2n) is 6.01. The standard InChI is InChI=1S/C19H12FN7S/c20-15-3-1-12(2-4-15)14-7-22-18-17(9-24-27(18)10-14)13-5-16(8-21-6-13)25-19-26-23-11-28-19/h1-11H,(H,25,26). The van der Waals surface area contributed by atoms with E-state index < -0.39 is 0 Å². The molecule has 0 atom stereocenters. The van der Waals surface area contributed by atoms with Crippen LogP contribution in [-0.2, 0) is 0 Å². The molecule has 0 radical (unpaired) electrons. The molecule has 0 bridgehead atoms. The summed E-state index contributed by atoms with van der Waals surface area (Å²) in [7, 11) is 0. The zero-order valence-electron chi connectivity index (χ0n) is 14.3. The van der Waals surface area contributed by atoms with Crippen LogP contribution in [0.4, 0.5) is 15.2 Å². The Kier molecular flexibility index (Phi) is 3.99. The van der Waals surface area contributed by atoms with E-state index >= 15 is 0 Å². The molecular formula is C19H12FN7S. The molecule has 4 heterocycles. The Morgan fingerprint density at radius 1 is 0.964 bits per heavy atom. The Hall–Kier alpha value is -3.72. The maximum absolute atomic E-state index is 13.1. The van der Waals surface area contributed by atoms with Gasteiger partial charge in [0.25, 0.3) is 0 Å². The number of nitrogens with one attached hydrogen (secondary N) is 1. The van der Waals surface area contributed by atoms with E-state index in [-0.39, 0.29) is 5.82 Å². The van der Waals surface area contributed by atoms with Crippen molar-refractivity contribution in [1.82, 2.24) is 29.8 Å². The van der Waals surface area contributed by atoms with Crippen LogP contribution < -0.4 is 5.32 Å². The number of nitrogens with zero attached hydrogens (tertiary/aromatic N) is 6. The first-order valence-corrected chi connectivity index (χ1v) is 9.22. The van der Waals surface area contributed by atoms with Gasteiger partial charge in [0.05, 0.1) is 18.1 Å². The number of rotatable bonds is 4. The number of aromatic nitrogens is 6. The lowest BCUT2D eigenvalue weighted by molar-refractivity contribution is 0.628. The second-order valence-corrected chi connectivity index (χ2v) is 6.84. The van der Waals surface area contributed by atoms with Crippen molar-refractivity contribution < 1.29 is 4.39 Å². The monoisotopic (exact) mass is 389 g/mol. The molecule has 0 saturated carbocycles. The van der Waals surface area contributed by atoms with Crippen molar-refractivity contribution in [2.75, 3.05) is 5.32 Å². The number of benzene rings is 1. The summed E-state index contributed by atoms with van der Waals surface area (Å²) in [6, 6.07) is 8.25. The Morgan fingerprint density at radius 3 is 2.68 bits per heavy atom. The summed E-state index contributed by atoms with van der Waals surface area (Å²) in [5.41, 5.74) is 6.64. The second kappa shape index (κ2) is 6.78. The van der Waals surface area contributed by atoms with Gasteiger partial charge in [-0.3, -0.25) is 4.98 Å². The Labute approximate surface area is 162 Å². The van der Waals surface area contributed by atoms with Crippen LogP contribution in [0.5, 0.6) is 0 Å². The van der Waals surface area contributed by atoms with Gasteiger partial charge in [0.2, 0.25) is 5.13 Å². The summed E-state index contributed by atoms with van der Waals surface area (Å²) >= 11 is 1.41. The van der Waals surface area contributed by atoms with Gasteiger partial charge in [0.15, 0.2) is 5.65 Å². The third kappa shape index (κ3) is 3.08. The predicted octanol–water partition coefficient (Wildman–Crippen LogP) is 4.19. The number of anilines is 2. The van der Waals surface area contributed by atoms with E-state index in [4.69, 9.17) is 0 Å². The molecule has 0 aliphatic carbocycles. The predicted molar refractivity (Wildman–Crippen MR) is 105 cm³/mol. The third-order valence-electron chi connectivity index (χ3n) is 4.19. The van der Waals surface area contributed by atoms with Gasteiger partial charge in [-0.2, -0.15) is 5.10 Å². The van der Waals surface area contributed by atoms with Crippen molar-refractivity contribution in [3.63, 3.8) is 0 Å². The molecule has 0 amide bonds. The molecule has 0 aliphatic heterocycles. The average Bonchev–Trinajstić information content (AvgIpc) is 3.38. The zero-order chi connectivity index (χ0) is 18.9. The average molecular weight is 389 g/mol.